The molecular formula is C12H17N. The molecule has 1 heteroatoms. The lowest BCUT2D eigenvalue weighted by molar-refractivity contribution is 0.844. The molecule has 0 saturated heterocycles. The second kappa shape index (κ2) is 5.41. The molecule has 70 valence electrons. The average Bonchev–Trinajstić information content (AvgIpc) is 2.19. The van der Waals surface area contributed by atoms with Crippen LogP contribution < -0.4 is 5.32 Å². The lowest BCUT2D eigenvalue weighted by atomic mass is 10.1. The molecule has 0 fully saturated rings. The molecule has 1 aromatic carbocycles. The van der Waals surface area contributed by atoms with Crippen molar-refractivity contribution >= 4 is 5.69 Å². The van der Waals surface area contributed by atoms with Gasteiger partial charge in [-0.05, 0) is 37.0 Å². The molecule has 1 rings (SSSR count). The van der Waals surface area contributed by atoms with Gasteiger partial charge in [-0.3, -0.25) is 0 Å². The molecule has 1 N–H and O–H groups in total. The van der Waals surface area contributed by atoms with Crippen LogP contribution in [0.3, 0.4) is 0 Å². The molecule has 0 spiro atoms. The van der Waals surface area contributed by atoms with E-state index in [-0.39, 0.29) is 0 Å². The van der Waals surface area contributed by atoms with Crippen molar-refractivity contribution < 1.29 is 0 Å². The summed E-state index contributed by atoms with van der Waals surface area (Å²) in [4.78, 5) is 0. The molecule has 0 amide bonds. The van der Waals surface area contributed by atoms with Gasteiger partial charge in [0.2, 0.25) is 0 Å². The Bertz CT molecular complexity index is 248. The van der Waals surface area contributed by atoms with E-state index in [0.717, 1.165) is 12.8 Å². The van der Waals surface area contributed by atoms with E-state index in [4.69, 9.17) is 0 Å². The van der Waals surface area contributed by atoms with Gasteiger partial charge in [-0.25, -0.2) is 0 Å². The van der Waals surface area contributed by atoms with Gasteiger partial charge >= 0.3 is 0 Å². The van der Waals surface area contributed by atoms with Crippen molar-refractivity contribution in [3.05, 3.63) is 42.5 Å². The topological polar surface area (TPSA) is 12.0 Å². The van der Waals surface area contributed by atoms with E-state index in [2.05, 4.69) is 36.2 Å². The maximum absolute atomic E-state index is 3.71. The molecule has 1 nitrogen and oxygen atoms in total. The minimum atomic E-state index is 1.10. The molecule has 0 bridgehead atoms. The highest BCUT2D eigenvalue weighted by molar-refractivity contribution is 5.43. The van der Waals surface area contributed by atoms with Crippen LogP contribution in [0.2, 0.25) is 0 Å². The number of hydrogen-bond acceptors (Lipinski definition) is 1. The van der Waals surface area contributed by atoms with Gasteiger partial charge in [0.15, 0.2) is 0 Å². The van der Waals surface area contributed by atoms with Crippen LogP contribution in [0, 0.1) is 0 Å². The van der Waals surface area contributed by atoms with Crippen LogP contribution >= 0.6 is 0 Å². The predicted octanol–water partition coefficient (Wildman–Crippen LogP) is 3.24. The van der Waals surface area contributed by atoms with Crippen molar-refractivity contribution in [2.45, 2.75) is 19.3 Å². The van der Waals surface area contributed by atoms with Crippen LogP contribution in [0.1, 0.15) is 18.4 Å². The molecule has 0 saturated carbocycles. The summed E-state index contributed by atoms with van der Waals surface area (Å²) in [5.41, 5.74) is 2.58. The second-order valence-corrected chi connectivity index (χ2v) is 3.13. The monoisotopic (exact) mass is 175 g/mol. The van der Waals surface area contributed by atoms with Gasteiger partial charge in [-0.1, -0.05) is 18.2 Å². The maximum Gasteiger partial charge on any atom is 0.0337 e. The summed E-state index contributed by atoms with van der Waals surface area (Å²) in [6.07, 6.45) is 5.42. The van der Waals surface area contributed by atoms with Gasteiger partial charge in [-0.2, -0.15) is 0 Å². The zero-order valence-electron chi connectivity index (χ0n) is 8.22. The van der Waals surface area contributed by atoms with Crippen LogP contribution in [0.4, 0.5) is 5.69 Å². The molecule has 0 aliphatic carbocycles. The van der Waals surface area contributed by atoms with E-state index in [9.17, 15) is 0 Å². The quantitative estimate of drug-likeness (QED) is 0.535. The first kappa shape index (κ1) is 9.85. The zero-order valence-corrected chi connectivity index (χ0v) is 8.22. The van der Waals surface area contributed by atoms with Crippen molar-refractivity contribution in [1.82, 2.24) is 0 Å². The molecule has 0 unspecified atom stereocenters. The predicted molar refractivity (Wildman–Crippen MR) is 59.1 cm³/mol. The molecule has 13 heavy (non-hydrogen) atoms. The average molecular weight is 175 g/mol. The van der Waals surface area contributed by atoms with E-state index in [1.54, 1.807) is 0 Å². The maximum atomic E-state index is 3.71. The number of rotatable bonds is 5. The summed E-state index contributed by atoms with van der Waals surface area (Å²) >= 11 is 0. The highest BCUT2D eigenvalue weighted by Crippen LogP contribution is 2.10. The SMILES string of the molecule is C=CCCCc1ccc(NC)cc1. The van der Waals surface area contributed by atoms with Crippen LogP contribution in [0.25, 0.3) is 0 Å². The Labute approximate surface area is 80.5 Å². The first-order valence-corrected chi connectivity index (χ1v) is 4.74. The summed E-state index contributed by atoms with van der Waals surface area (Å²) in [6, 6.07) is 8.58. The summed E-state index contributed by atoms with van der Waals surface area (Å²) < 4.78 is 0. The van der Waals surface area contributed by atoms with Crippen LogP contribution in [0.5, 0.6) is 0 Å². The van der Waals surface area contributed by atoms with Gasteiger partial charge in [-0.15, -0.1) is 6.58 Å². The number of anilines is 1. The van der Waals surface area contributed by atoms with Crippen molar-refractivity contribution in [1.29, 1.82) is 0 Å². The Morgan fingerprint density at radius 2 is 2.00 bits per heavy atom. The lowest BCUT2D eigenvalue weighted by Gasteiger charge is -2.02. The number of hydrogen-bond donors (Lipinski definition) is 1. The largest absolute Gasteiger partial charge is 0.388 e. The fourth-order valence-electron chi connectivity index (χ4n) is 1.29. The molecular weight excluding hydrogens is 158 g/mol. The third kappa shape index (κ3) is 3.32. The second-order valence-electron chi connectivity index (χ2n) is 3.13. The molecule has 0 aromatic heterocycles. The molecule has 0 radical (unpaired) electrons. The van der Waals surface area contributed by atoms with Crippen molar-refractivity contribution in [3.8, 4) is 0 Å². The van der Waals surface area contributed by atoms with E-state index in [1.165, 1.54) is 17.7 Å². The Balaban J connectivity index is 2.44. The summed E-state index contributed by atoms with van der Waals surface area (Å²) in [7, 11) is 1.94. The van der Waals surface area contributed by atoms with Crippen molar-refractivity contribution in [2.75, 3.05) is 12.4 Å². The first-order valence-electron chi connectivity index (χ1n) is 4.74. The number of allylic oxidation sites excluding steroid dienone is 1. The highest BCUT2D eigenvalue weighted by atomic mass is 14.8. The Morgan fingerprint density at radius 3 is 2.54 bits per heavy atom. The van der Waals surface area contributed by atoms with Gasteiger partial charge in [0.25, 0.3) is 0 Å². The van der Waals surface area contributed by atoms with Gasteiger partial charge < -0.3 is 5.32 Å². The molecule has 0 heterocycles. The van der Waals surface area contributed by atoms with Crippen molar-refractivity contribution in [3.63, 3.8) is 0 Å². The minimum Gasteiger partial charge on any atom is -0.388 e. The van der Waals surface area contributed by atoms with Gasteiger partial charge in [0.1, 0.15) is 0 Å². The summed E-state index contributed by atoms with van der Waals surface area (Å²) in [6.45, 7) is 3.71. The first-order chi connectivity index (χ1) is 6.36. The van der Waals surface area contributed by atoms with E-state index in [1.807, 2.05) is 13.1 Å². The molecule has 0 atom stereocenters. The standard InChI is InChI=1S/C12H17N/c1-3-4-5-6-11-7-9-12(13-2)10-8-11/h3,7-10,13H,1,4-6H2,2H3. The van der Waals surface area contributed by atoms with Crippen LogP contribution in [0.15, 0.2) is 36.9 Å². The van der Waals surface area contributed by atoms with Gasteiger partial charge in [0.05, 0.1) is 0 Å². The van der Waals surface area contributed by atoms with E-state index in [0.29, 0.717) is 0 Å². The summed E-state index contributed by atoms with van der Waals surface area (Å²) in [5, 5.41) is 3.11. The van der Waals surface area contributed by atoms with E-state index < -0.39 is 0 Å². The molecule has 0 aliphatic heterocycles. The van der Waals surface area contributed by atoms with E-state index >= 15 is 0 Å². The zero-order chi connectivity index (χ0) is 9.52. The smallest absolute Gasteiger partial charge is 0.0337 e. The fourth-order valence-corrected chi connectivity index (χ4v) is 1.29. The highest BCUT2D eigenvalue weighted by Gasteiger charge is 1.92. The number of nitrogens with one attached hydrogen (secondary N) is 1. The van der Waals surface area contributed by atoms with Crippen molar-refractivity contribution in [2.24, 2.45) is 0 Å². The lowest BCUT2D eigenvalue weighted by Crippen LogP contribution is -1.89. The van der Waals surface area contributed by atoms with Gasteiger partial charge in [0, 0.05) is 12.7 Å². The Kier molecular flexibility index (Phi) is 4.10. The third-order valence-corrected chi connectivity index (χ3v) is 2.12. The Morgan fingerprint density at radius 1 is 1.31 bits per heavy atom. The summed E-state index contributed by atoms with van der Waals surface area (Å²) in [5.74, 6) is 0. The van der Waals surface area contributed by atoms with Crippen LogP contribution in [-0.2, 0) is 6.42 Å². The normalized spacial score (nSPS) is 9.62. The number of aryl methyl sites for hydroxylation is 1. The number of unbranched alkanes of at least 4 members (excludes halogenated alkanes) is 1. The minimum absolute atomic E-state index is 1.10. The number of benzene rings is 1. The van der Waals surface area contributed by atoms with Crippen LogP contribution in [-0.4, -0.2) is 7.05 Å². The molecule has 1 aromatic rings. The molecule has 0 aliphatic rings. The fraction of sp³-hybridized carbons (Fsp3) is 0.333. The third-order valence-electron chi connectivity index (χ3n) is 2.12. The Hall–Kier alpha value is -1.24.